The number of nitrogens with zero attached hydrogens (tertiary/aromatic N) is 3. The fraction of sp³-hybridized carbons (Fsp3) is 0.522. The standard InChI is InChI=1S/C23H26ClF3N4O3S/c1-14-4-3-7-30(10-14)15-9-23(34-11-15)12-31(13-23)17-8-16(25)22(21(27)20(17)24)35(32,33)29-19-6-2-5-18(26)28-19/h2,5-6,8,14-15H,3-4,7,9-13H2,1H3,(H,28,29)/t14-,15-/m1/s1. The molecule has 1 spiro atoms. The van der Waals surface area contributed by atoms with E-state index >= 15 is 4.39 Å². The van der Waals surface area contributed by atoms with Crippen LogP contribution >= 0.6 is 11.6 Å². The minimum absolute atomic E-state index is 0.0637. The number of aromatic nitrogens is 1. The lowest BCUT2D eigenvalue weighted by atomic mass is 9.87. The minimum Gasteiger partial charge on any atom is -0.370 e. The van der Waals surface area contributed by atoms with Crippen LogP contribution in [0.2, 0.25) is 5.02 Å². The molecule has 2 atom stereocenters. The van der Waals surface area contributed by atoms with Crippen LogP contribution in [0.25, 0.3) is 0 Å². The molecule has 3 aliphatic heterocycles. The fourth-order valence-electron chi connectivity index (χ4n) is 5.35. The summed E-state index contributed by atoms with van der Waals surface area (Å²) >= 11 is 6.17. The number of benzene rings is 1. The second-order valence-electron chi connectivity index (χ2n) is 9.74. The van der Waals surface area contributed by atoms with Crippen molar-refractivity contribution in [3.05, 3.63) is 46.9 Å². The molecule has 0 saturated carbocycles. The van der Waals surface area contributed by atoms with Crippen molar-refractivity contribution in [1.82, 2.24) is 9.88 Å². The number of halogens is 4. The van der Waals surface area contributed by atoms with Crippen molar-refractivity contribution in [2.45, 2.75) is 42.7 Å². The monoisotopic (exact) mass is 530 g/mol. The highest BCUT2D eigenvalue weighted by Gasteiger charge is 2.52. The normalized spacial score (nSPS) is 24.5. The van der Waals surface area contributed by atoms with Crippen LogP contribution in [0, 0.1) is 23.5 Å². The zero-order valence-electron chi connectivity index (χ0n) is 19.1. The third kappa shape index (κ3) is 4.71. The average molecular weight is 531 g/mol. The lowest BCUT2D eigenvalue weighted by molar-refractivity contribution is -0.0196. The summed E-state index contributed by atoms with van der Waals surface area (Å²) in [5.74, 6) is -3.43. The molecule has 1 aromatic carbocycles. The van der Waals surface area contributed by atoms with Crippen molar-refractivity contribution in [3.8, 4) is 0 Å². The van der Waals surface area contributed by atoms with Crippen LogP contribution in [-0.2, 0) is 14.8 Å². The number of piperidine rings is 1. The van der Waals surface area contributed by atoms with Crippen molar-refractivity contribution in [2.24, 2.45) is 5.92 Å². The summed E-state index contributed by atoms with van der Waals surface area (Å²) in [7, 11) is -4.75. The summed E-state index contributed by atoms with van der Waals surface area (Å²) in [6, 6.07) is 4.60. The molecule has 3 saturated heterocycles. The van der Waals surface area contributed by atoms with Gasteiger partial charge in [-0.25, -0.2) is 22.2 Å². The van der Waals surface area contributed by atoms with E-state index in [9.17, 15) is 17.2 Å². The lowest BCUT2D eigenvalue weighted by Gasteiger charge is -2.49. The highest BCUT2D eigenvalue weighted by Crippen LogP contribution is 2.44. The number of likely N-dealkylation sites (tertiary alicyclic amines) is 1. The first-order valence-electron chi connectivity index (χ1n) is 11.5. The Hall–Kier alpha value is -2.08. The molecule has 0 unspecified atom stereocenters. The highest BCUT2D eigenvalue weighted by molar-refractivity contribution is 7.92. The summed E-state index contributed by atoms with van der Waals surface area (Å²) in [5, 5.41) is -0.506. The van der Waals surface area contributed by atoms with Gasteiger partial charge in [0.1, 0.15) is 22.3 Å². The maximum absolute atomic E-state index is 15.1. The number of anilines is 2. The number of rotatable bonds is 5. The summed E-state index contributed by atoms with van der Waals surface area (Å²) in [5.41, 5.74) is -0.342. The van der Waals surface area contributed by atoms with Gasteiger partial charge in [-0.1, -0.05) is 24.6 Å². The molecule has 0 radical (unpaired) electrons. The van der Waals surface area contributed by atoms with Gasteiger partial charge in [0, 0.05) is 31.7 Å². The Morgan fingerprint density at radius 2 is 2.03 bits per heavy atom. The van der Waals surface area contributed by atoms with Crippen LogP contribution in [0.1, 0.15) is 26.2 Å². The number of hydrogen-bond donors (Lipinski definition) is 1. The second kappa shape index (κ2) is 9.10. The predicted molar refractivity (Wildman–Crippen MR) is 126 cm³/mol. The minimum atomic E-state index is -4.75. The van der Waals surface area contributed by atoms with Crippen LogP contribution in [0.4, 0.5) is 24.7 Å². The molecule has 0 amide bonds. The van der Waals surface area contributed by atoms with Gasteiger partial charge in [0.25, 0.3) is 10.0 Å². The van der Waals surface area contributed by atoms with Crippen LogP contribution in [-0.4, -0.2) is 62.7 Å². The van der Waals surface area contributed by atoms with E-state index < -0.39 is 48.9 Å². The van der Waals surface area contributed by atoms with Crippen LogP contribution in [0.5, 0.6) is 0 Å². The summed E-state index contributed by atoms with van der Waals surface area (Å²) < 4.78 is 76.6. The maximum atomic E-state index is 15.1. The van der Waals surface area contributed by atoms with Crippen LogP contribution in [0.15, 0.2) is 29.2 Å². The van der Waals surface area contributed by atoms with Gasteiger partial charge < -0.3 is 9.64 Å². The van der Waals surface area contributed by atoms with Crippen molar-refractivity contribution >= 4 is 33.1 Å². The van der Waals surface area contributed by atoms with Gasteiger partial charge in [-0.2, -0.15) is 4.39 Å². The molecule has 190 valence electrons. The summed E-state index contributed by atoms with van der Waals surface area (Å²) in [4.78, 5) is 6.27. The van der Waals surface area contributed by atoms with E-state index in [1.54, 1.807) is 4.90 Å². The van der Waals surface area contributed by atoms with Crippen LogP contribution < -0.4 is 9.62 Å². The van der Waals surface area contributed by atoms with Gasteiger partial charge in [0.2, 0.25) is 5.95 Å². The predicted octanol–water partition coefficient (Wildman–Crippen LogP) is 4.03. The summed E-state index contributed by atoms with van der Waals surface area (Å²) in [6.07, 6.45) is 3.23. The molecule has 4 heterocycles. The number of nitrogens with one attached hydrogen (secondary N) is 1. The SMILES string of the molecule is C[C@@H]1CCCN([C@H]2COC3(C2)CN(c2cc(F)c(S(=O)(=O)Nc4cccc(F)n4)c(F)c2Cl)C3)C1. The second-order valence-corrected chi connectivity index (χ2v) is 11.7. The van der Waals surface area contributed by atoms with Gasteiger partial charge in [0.15, 0.2) is 10.7 Å². The molecule has 3 fully saturated rings. The van der Waals surface area contributed by atoms with Crippen molar-refractivity contribution < 1.29 is 26.3 Å². The number of hydrogen-bond acceptors (Lipinski definition) is 6. The third-order valence-electron chi connectivity index (χ3n) is 7.01. The zero-order valence-corrected chi connectivity index (χ0v) is 20.7. The number of ether oxygens (including phenoxy) is 1. The molecular weight excluding hydrogens is 505 g/mol. The fourth-order valence-corrected chi connectivity index (χ4v) is 6.82. The van der Waals surface area contributed by atoms with Crippen molar-refractivity contribution in [2.75, 3.05) is 42.4 Å². The van der Waals surface area contributed by atoms with E-state index in [1.165, 1.54) is 18.9 Å². The van der Waals surface area contributed by atoms with Crippen LogP contribution in [0.3, 0.4) is 0 Å². The Morgan fingerprint density at radius 1 is 1.26 bits per heavy atom. The largest absolute Gasteiger partial charge is 0.370 e. The summed E-state index contributed by atoms with van der Waals surface area (Å²) in [6.45, 7) is 5.78. The van der Waals surface area contributed by atoms with Crippen molar-refractivity contribution in [1.29, 1.82) is 0 Å². The first kappa shape index (κ1) is 24.6. The van der Waals surface area contributed by atoms with Gasteiger partial charge in [0.05, 0.1) is 12.3 Å². The Balaban J connectivity index is 1.31. The molecular formula is C23H26ClF3N4O3S. The van der Waals surface area contributed by atoms with E-state index in [2.05, 4.69) is 16.8 Å². The van der Waals surface area contributed by atoms with Gasteiger partial charge in [-0.05, 0) is 43.9 Å². The Morgan fingerprint density at radius 3 is 2.74 bits per heavy atom. The van der Waals surface area contributed by atoms with Gasteiger partial charge in [-0.3, -0.25) is 9.62 Å². The molecule has 0 bridgehead atoms. The molecule has 12 heteroatoms. The zero-order chi connectivity index (χ0) is 25.0. The van der Waals surface area contributed by atoms with E-state index in [0.29, 0.717) is 31.7 Å². The lowest BCUT2D eigenvalue weighted by Crippen LogP contribution is -2.62. The third-order valence-corrected chi connectivity index (χ3v) is 8.76. The number of pyridine rings is 1. The molecule has 1 aromatic heterocycles. The molecule has 1 N–H and O–H groups in total. The van der Waals surface area contributed by atoms with E-state index in [-0.39, 0.29) is 5.69 Å². The first-order chi connectivity index (χ1) is 16.6. The van der Waals surface area contributed by atoms with E-state index in [0.717, 1.165) is 37.7 Å². The van der Waals surface area contributed by atoms with Gasteiger partial charge in [-0.15, -0.1) is 0 Å². The first-order valence-corrected chi connectivity index (χ1v) is 13.4. The van der Waals surface area contributed by atoms with Crippen molar-refractivity contribution in [3.63, 3.8) is 0 Å². The van der Waals surface area contributed by atoms with Gasteiger partial charge >= 0.3 is 0 Å². The average Bonchev–Trinajstić information content (AvgIpc) is 3.21. The Labute approximate surface area is 207 Å². The molecule has 5 rings (SSSR count). The quantitative estimate of drug-likeness (QED) is 0.465. The van der Waals surface area contributed by atoms with E-state index in [4.69, 9.17) is 16.3 Å². The topological polar surface area (TPSA) is 74.8 Å². The molecule has 3 aliphatic rings. The Kier molecular flexibility index (Phi) is 6.40. The molecule has 35 heavy (non-hydrogen) atoms. The maximum Gasteiger partial charge on any atom is 0.268 e. The smallest absolute Gasteiger partial charge is 0.268 e. The molecule has 2 aromatic rings. The Bertz CT molecular complexity index is 1240. The number of sulfonamides is 1. The highest BCUT2D eigenvalue weighted by atomic mass is 35.5. The van der Waals surface area contributed by atoms with E-state index in [1.807, 2.05) is 4.72 Å². The molecule has 0 aliphatic carbocycles. The molecule has 7 nitrogen and oxygen atoms in total.